The van der Waals surface area contributed by atoms with Gasteiger partial charge in [-0.15, -0.1) is 0 Å². The second-order valence-electron chi connectivity index (χ2n) is 6.50. The quantitative estimate of drug-likeness (QED) is 0.418. The fourth-order valence-corrected chi connectivity index (χ4v) is 4.56. The molecular weight excluding hydrogens is 516 g/mol. The van der Waals surface area contributed by atoms with E-state index in [1.165, 1.54) is 0 Å². The molecule has 0 spiro atoms. The molecule has 2 aromatic rings. The van der Waals surface area contributed by atoms with Gasteiger partial charge in [0.15, 0.2) is 0 Å². The van der Waals surface area contributed by atoms with Gasteiger partial charge in [-0.2, -0.15) is 0 Å². The summed E-state index contributed by atoms with van der Waals surface area (Å²) in [5.74, 6) is -1.77. The predicted molar refractivity (Wildman–Crippen MR) is 111 cm³/mol. The van der Waals surface area contributed by atoms with E-state index in [0.717, 1.165) is 18.2 Å². The molecule has 9 heteroatoms. The average molecular weight is 533 g/mol. The Kier molecular flexibility index (Phi) is 6.92. The summed E-state index contributed by atoms with van der Waals surface area (Å²) in [6, 6.07) is 6.42. The second kappa shape index (κ2) is 9.23. The largest absolute Gasteiger partial charge is 0.486 e. The van der Waals surface area contributed by atoms with E-state index in [4.69, 9.17) is 4.74 Å². The third kappa shape index (κ3) is 5.15. The molecule has 3 rings (SSSR count). The number of carbonyl (C=O) groups is 1. The molecule has 3 N–H and O–H groups in total. The number of nitrogens with one attached hydrogen (secondary N) is 1. The minimum Gasteiger partial charge on any atom is -0.486 e. The van der Waals surface area contributed by atoms with Crippen LogP contribution >= 0.6 is 31.9 Å². The van der Waals surface area contributed by atoms with Crippen LogP contribution < -0.4 is 10.1 Å². The molecule has 0 aromatic heterocycles. The predicted octanol–water partition coefficient (Wildman–Crippen LogP) is 5.36. The molecule has 0 saturated heterocycles. The van der Waals surface area contributed by atoms with Gasteiger partial charge in [-0.05, 0) is 87.0 Å². The number of anilines is 1. The van der Waals surface area contributed by atoms with Gasteiger partial charge >= 0.3 is 5.97 Å². The number of benzene rings is 2. The average Bonchev–Trinajstić information content (AvgIpc) is 3.14. The molecule has 0 bridgehead atoms. The highest BCUT2D eigenvalue weighted by molar-refractivity contribution is 9.11. The third-order valence-electron chi connectivity index (χ3n) is 4.53. The fraction of sp³-hybridized carbons (Fsp3) is 0.250. The Morgan fingerprint density at radius 3 is 2.52 bits per heavy atom. The maximum atomic E-state index is 13.8. The number of halogens is 4. The first-order valence-electron chi connectivity index (χ1n) is 8.72. The van der Waals surface area contributed by atoms with Crippen molar-refractivity contribution in [3.63, 3.8) is 0 Å². The van der Waals surface area contributed by atoms with Gasteiger partial charge in [-0.1, -0.05) is 0 Å². The van der Waals surface area contributed by atoms with Crippen molar-refractivity contribution in [2.24, 2.45) is 0 Å². The molecular formula is C20H17Br2F2NO4. The SMILES string of the molecule is O=C(O)C1=C(C(O)Nc2cc(Br)c(OCc3cc(F)ccc3F)c(Br)c2)CCC1. The van der Waals surface area contributed by atoms with Crippen molar-refractivity contribution in [2.45, 2.75) is 32.1 Å². The summed E-state index contributed by atoms with van der Waals surface area (Å²) in [4.78, 5) is 11.3. The van der Waals surface area contributed by atoms with Gasteiger partial charge in [0.2, 0.25) is 0 Å². The van der Waals surface area contributed by atoms with Gasteiger partial charge < -0.3 is 20.3 Å². The van der Waals surface area contributed by atoms with Crippen LogP contribution in [0.2, 0.25) is 0 Å². The fourth-order valence-electron chi connectivity index (χ4n) is 3.14. The number of carboxylic acid groups (broad SMARTS) is 1. The van der Waals surface area contributed by atoms with Gasteiger partial charge in [0, 0.05) is 16.8 Å². The molecule has 1 atom stereocenters. The van der Waals surface area contributed by atoms with Gasteiger partial charge in [0.05, 0.1) is 8.95 Å². The van der Waals surface area contributed by atoms with Crippen LogP contribution in [0.15, 0.2) is 50.4 Å². The third-order valence-corrected chi connectivity index (χ3v) is 5.71. The molecule has 0 fully saturated rings. The first-order chi connectivity index (χ1) is 13.8. The van der Waals surface area contributed by atoms with Crippen LogP contribution in [-0.2, 0) is 11.4 Å². The Bertz CT molecular complexity index is 958. The number of hydrogen-bond acceptors (Lipinski definition) is 4. The van der Waals surface area contributed by atoms with E-state index in [1.54, 1.807) is 12.1 Å². The first-order valence-corrected chi connectivity index (χ1v) is 10.3. The molecule has 5 nitrogen and oxygen atoms in total. The highest BCUT2D eigenvalue weighted by atomic mass is 79.9. The van der Waals surface area contributed by atoms with E-state index in [9.17, 15) is 23.8 Å². The lowest BCUT2D eigenvalue weighted by Crippen LogP contribution is -2.22. The van der Waals surface area contributed by atoms with Crippen molar-refractivity contribution >= 4 is 43.5 Å². The summed E-state index contributed by atoms with van der Waals surface area (Å²) >= 11 is 6.72. The van der Waals surface area contributed by atoms with E-state index in [1.807, 2.05) is 0 Å². The molecule has 1 unspecified atom stereocenters. The van der Waals surface area contributed by atoms with E-state index in [0.29, 0.717) is 45.2 Å². The zero-order valence-corrected chi connectivity index (χ0v) is 18.2. The van der Waals surface area contributed by atoms with Crippen LogP contribution in [0.25, 0.3) is 0 Å². The van der Waals surface area contributed by atoms with E-state index >= 15 is 0 Å². The number of aliphatic hydroxyl groups excluding tert-OH is 1. The molecule has 154 valence electrons. The molecule has 0 radical (unpaired) electrons. The van der Waals surface area contributed by atoms with Gasteiger partial charge in [0.25, 0.3) is 0 Å². The van der Waals surface area contributed by atoms with Gasteiger partial charge in [-0.3, -0.25) is 0 Å². The molecule has 1 aliphatic carbocycles. The van der Waals surface area contributed by atoms with Crippen LogP contribution in [0.1, 0.15) is 24.8 Å². The molecule has 29 heavy (non-hydrogen) atoms. The van der Waals surface area contributed by atoms with Crippen LogP contribution in [0.3, 0.4) is 0 Å². The second-order valence-corrected chi connectivity index (χ2v) is 8.21. The van der Waals surface area contributed by atoms with Crippen molar-refractivity contribution in [3.05, 3.63) is 67.6 Å². The van der Waals surface area contributed by atoms with E-state index in [-0.39, 0.29) is 17.7 Å². The minimum atomic E-state index is -1.13. The van der Waals surface area contributed by atoms with Crippen LogP contribution in [0, 0.1) is 11.6 Å². The zero-order valence-electron chi connectivity index (χ0n) is 15.0. The molecule has 2 aromatic carbocycles. The number of aliphatic carboxylic acids is 1. The highest BCUT2D eigenvalue weighted by Gasteiger charge is 2.25. The van der Waals surface area contributed by atoms with Crippen molar-refractivity contribution in [3.8, 4) is 5.75 Å². The molecule has 0 saturated carbocycles. The van der Waals surface area contributed by atoms with Crippen molar-refractivity contribution in [2.75, 3.05) is 5.32 Å². The molecule has 0 aliphatic heterocycles. The maximum Gasteiger partial charge on any atom is 0.331 e. The normalized spacial score (nSPS) is 14.8. The Balaban J connectivity index is 1.74. The number of rotatable bonds is 7. The van der Waals surface area contributed by atoms with Gasteiger partial charge in [-0.25, -0.2) is 13.6 Å². The first kappa shape index (κ1) is 21.7. The summed E-state index contributed by atoms with van der Waals surface area (Å²) in [5, 5.41) is 22.5. The molecule has 1 aliphatic rings. The smallest absolute Gasteiger partial charge is 0.331 e. The van der Waals surface area contributed by atoms with Crippen LogP contribution in [0.5, 0.6) is 5.75 Å². The summed E-state index contributed by atoms with van der Waals surface area (Å²) in [7, 11) is 0. The minimum absolute atomic E-state index is 0.0794. The summed E-state index contributed by atoms with van der Waals surface area (Å²) in [6.45, 7) is -0.176. The summed E-state index contributed by atoms with van der Waals surface area (Å²) in [6.07, 6.45) is 0.501. The Labute approximate surface area is 182 Å². The lowest BCUT2D eigenvalue weighted by molar-refractivity contribution is -0.132. The number of aliphatic hydroxyl groups is 1. The lowest BCUT2D eigenvalue weighted by atomic mass is 10.1. The maximum absolute atomic E-state index is 13.8. The van der Waals surface area contributed by atoms with E-state index in [2.05, 4.69) is 37.2 Å². The number of hydrogen-bond donors (Lipinski definition) is 3. The van der Waals surface area contributed by atoms with Crippen molar-refractivity contribution < 1.29 is 28.5 Å². The Morgan fingerprint density at radius 1 is 1.17 bits per heavy atom. The molecule has 0 amide bonds. The van der Waals surface area contributed by atoms with E-state index < -0.39 is 23.8 Å². The standard InChI is InChI=1S/C20H17Br2F2NO4/c21-15-7-12(25-19(26)13-2-1-3-14(13)20(27)28)8-16(22)18(15)29-9-10-6-11(23)4-5-17(10)24/h4-8,19,25-26H,1-3,9H2,(H,27,28). The Hall–Kier alpha value is -1.97. The summed E-state index contributed by atoms with van der Waals surface area (Å²) in [5.41, 5.74) is 1.30. The lowest BCUT2D eigenvalue weighted by Gasteiger charge is -2.18. The Morgan fingerprint density at radius 2 is 1.86 bits per heavy atom. The van der Waals surface area contributed by atoms with Crippen molar-refractivity contribution in [1.29, 1.82) is 0 Å². The number of carboxylic acids is 1. The zero-order chi connectivity index (χ0) is 21.1. The van der Waals surface area contributed by atoms with Crippen LogP contribution in [-0.4, -0.2) is 22.4 Å². The van der Waals surface area contributed by atoms with Crippen LogP contribution in [0.4, 0.5) is 14.5 Å². The van der Waals surface area contributed by atoms with Gasteiger partial charge in [0.1, 0.15) is 30.2 Å². The van der Waals surface area contributed by atoms with Crippen molar-refractivity contribution in [1.82, 2.24) is 0 Å². The molecule has 0 heterocycles. The number of ether oxygens (including phenoxy) is 1. The summed E-state index contributed by atoms with van der Waals surface area (Å²) < 4.78 is 33.7. The highest BCUT2D eigenvalue weighted by Crippen LogP contribution is 2.38. The topological polar surface area (TPSA) is 78.8 Å². The monoisotopic (exact) mass is 531 g/mol.